The van der Waals surface area contributed by atoms with Gasteiger partial charge in [0.15, 0.2) is 10.8 Å². The van der Waals surface area contributed by atoms with Crippen LogP contribution in [0.5, 0.6) is 11.6 Å². The first kappa shape index (κ1) is 25.3. The van der Waals surface area contributed by atoms with Crippen molar-refractivity contribution in [3.63, 3.8) is 0 Å². The van der Waals surface area contributed by atoms with Crippen LogP contribution in [0.3, 0.4) is 0 Å². The fourth-order valence-corrected chi connectivity index (χ4v) is 6.94. The highest BCUT2D eigenvalue weighted by Crippen LogP contribution is 2.36. The third-order valence-corrected chi connectivity index (χ3v) is 8.72. The Bertz CT molecular complexity index is 1790. The zero-order chi connectivity index (χ0) is 26.9. The lowest BCUT2D eigenvalue weighted by Gasteiger charge is -2.13. The topological polar surface area (TPSA) is 122 Å². The van der Waals surface area contributed by atoms with Crippen LogP contribution >= 0.6 is 23.1 Å². The molecule has 198 valence electrons. The monoisotopic (exact) mass is 559 g/mol. The van der Waals surface area contributed by atoms with E-state index in [1.807, 2.05) is 43.3 Å². The van der Waals surface area contributed by atoms with Gasteiger partial charge in [0.2, 0.25) is 5.88 Å². The van der Waals surface area contributed by atoms with Crippen molar-refractivity contribution < 1.29 is 14.6 Å². The second-order valence-electron chi connectivity index (χ2n) is 9.10. The highest BCUT2D eigenvalue weighted by atomic mass is 32.2. The van der Waals surface area contributed by atoms with Crippen LogP contribution in [0.4, 0.5) is 5.69 Å². The smallest absolute Gasteiger partial charge is 0.275 e. The lowest BCUT2D eigenvalue weighted by atomic mass is 9.97. The number of hydrogen-bond donors (Lipinski definition) is 2. The van der Waals surface area contributed by atoms with Crippen molar-refractivity contribution in [2.24, 2.45) is 10.2 Å². The predicted molar refractivity (Wildman–Crippen MR) is 153 cm³/mol. The van der Waals surface area contributed by atoms with Gasteiger partial charge in [0, 0.05) is 10.3 Å². The molecule has 6 rings (SSSR count). The molecule has 0 spiro atoms. The van der Waals surface area contributed by atoms with Crippen LogP contribution in [0.1, 0.15) is 30.2 Å². The van der Waals surface area contributed by atoms with Crippen molar-refractivity contribution in [2.45, 2.75) is 37.8 Å². The molecule has 39 heavy (non-hydrogen) atoms. The summed E-state index contributed by atoms with van der Waals surface area (Å²) >= 11 is 2.71. The molecule has 2 N–H and O–H groups in total. The quantitative estimate of drug-likeness (QED) is 0.137. The van der Waals surface area contributed by atoms with E-state index < -0.39 is 5.91 Å². The molecule has 5 aromatic rings. The Morgan fingerprint density at radius 2 is 1.97 bits per heavy atom. The number of ether oxygens (including phenoxy) is 1. The van der Waals surface area contributed by atoms with Crippen LogP contribution in [0.25, 0.3) is 26.8 Å². The number of carbonyl (C=O) groups is 1. The summed E-state index contributed by atoms with van der Waals surface area (Å²) in [4.78, 5) is 36.2. The summed E-state index contributed by atoms with van der Waals surface area (Å²) in [5.41, 5.74) is 2.52. The largest absolute Gasteiger partial charge is 0.494 e. The van der Waals surface area contributed by atoms with Crippen molar-refractivity contribution in [3.05, 3.63) is 69.3 Å². The summed E-state index contributed by atoms with van der Waals surface area (Å²) in [7, 11) is 0. The number of fused-ring (bicyclic) bond motifs is 4. The van der Waals surface area contributed by atoms with Gasteiger partial charge in [-0.2, -0.15) is 0 Å². The number of aromatic amines is 1. The Labute approximate surface area is 231 Å². The van der Waals surface area contributed by atoms with E-state index >= 15 is 0 Å². The highest BCUT2D eigenvalue weighted by molar-refractivity contribution is 7.99. The molecule has 0 saturated carbocycles. The first-order valence-electron chi connectivity index (χ1n) is 12.7. The number of amides is 1. The SMILES string of the molecule is CCOc1ccc(-n2c(SCC(=O)N=Nc3c(O)[nH]c4ccccc34)nc3sc4c(c3c2=O)CCCC4)cc1. The van der Waals surface area contributed by atoms with Crippen molar-refractivity contribution in [1.29, 1.82) is 0 Å². The van der Waals surface area contributed by atoms with Crippen LogP contribution in [0.15, 0.2) is 68.7 Å². The number of nitrogens with one attached hydrogen (secondary N) is 1. The van der Waals surface area contributed by atoms with Crippen LogP contribution in [0.2, 0.25) is 0 Å². The molecule has 0 unspecified atom stereocenters. The van der Waals surface area contributed by atoms with E-state index in [4.69, 9.17) is 9.72 Å². The molecule has 3 aromatic heterocycles. The Morgan fingerprint density at radius 1 is 1.18 bits per heavy atom. The summed E-state index contributed by atoms with van der Waals surface area (Å²) in [5.74, 6) is -0.0324. The average molecular weight is 560 g/mol. The third kappa shape index (κ3) is 4.83. The molecule has 0 saturated heterocycles. The van der Waals surface area contributed by atoms with E-state index in [0.29, 0.717) is 44.3 Å². The first-order chi connectivity index (χ1) is 19.0. The first-order valence-corrected chi connectivity index (χ1v) is 14.5. The number of para-hydroxylation sites is 1. The maximum Gasteiger partial charge on any atom is 0.275 e. The summed E-state index contributed by atoms with van der Waals surface area (Å²) in [6.45, 7) is 2.46. The summed E-state index contributed by atoms with van der Waals surface area (Å²) in [5, 5.41) is 19.8. The minimum atomic E-state index is -0.511. The number of benzene rings is 2. The van der Waals surface area contributed by atoms with Gasteiger partial charge in [-0.25, -0.2) is 4.98 Å². The number of thioether (sulfide) groups is 1. The molecule has 1 aliphatic rings. The molecular formula is C28H25N5O4S2. The molecule has 0 bridgehead atoms. The minimum Gasteiger partial charge on any atom is -0.494 e. The molecule has 11 heteroatoms. The molecule has 3 heterocycles. The zero-order valence-electron chi connectivity index (χ0n) is 21.1. The maximum atomic E-state index is 13.9. The van der Waals surface area contributed by atoms with Crippen LogP contribution < -0.4 is 10.3 Å². The number of hydrogen-bond acceptors (Lipinski definition) is 8. The minimum absolute atomic E-state index is 0.0767. The number of nitrogens with zero attached hydrogens (tertiary/aromatic N) is 4. The van der Waals surface area contributed by atoms with Gasteiger partial charge in [0.1, 0.15) is 10.6 Å². The van der Waals surface area contributed by atoms with Gasteiger partial charge in [0.05, 0.1) is 29.0 Å². The molecular weight excluding hydrogens is 534 g/mol. The summed E-state index contributed by atoms with van der Waals surface area (Å²) in [6, 6.07) is 14.5. The fourth-order valence-electron chi connectivity index (χ4n) is 4.84. The van der Waals surface area contributed by atoms with Gasteiger partial charge in [0.25, 0.3) is 11.5 Å². The van der Waals surface area contributed by atoms with Gasteiger partial charge in [-0.05, 0) is 68.5 Å². The molecule has 9 nitrogen and oxygen atoms in total. The zero-order valence-corrected chi connectivity index (χ0v) is 22.8. The summed E-state index contributed by atoms with van der Waals surface area (Å²) < 4.78 is 7.14. The second-order valence-corrected chi connectivity index (χ2v) is 11.1. The Kier molecular flexibility index (Phi) is 6.92. The number of azo groups is 1. The second kappa shape index (κ2) is 10.7. The van der Waals surface area contributed by atoms with Crippen molar-refractivity contribution in [3.8, 4) is 17.3 Å². The van der Waals surface area contributed by atoms with Crippen LogP contribution in [0, 0.1) is 0 Å². The van der Waals surface area contributed by atoms with Gasteiger partial charge < -0.3 is 14.8 Å². The standard InChI is InChI=1S/C28H25N5O4S2/c1-2-37-17-13-11-16(12-14-17)33-27(36)23-19-8-4-6-10-21(19)39-26(23)30-28(33)38-15-22(34)31-32-24-18-7-3-5-9-20(18)29-25(24)35/h3,5,7,9,11-14,29,35H,2,4,6,8,10,15H2,1H3. The van der Waals surface area contributed by atoms with Gasteiger partial charge >= 0.3 is 0 Å². The number of thiophene rings is 1. The predicted octanol–water partition coefficient (Wildman–Crippen LogP) is 6.31. The van der Waals surface area contributed by atoms with Gasteiger partial charge in [-0.3, -0.25) is 14.2 Å². The van der Waals surface area contributed by atoms with Crippen molar-refractivity contribution >= 4 is 55.8 Å². The van der Waals surface area contributed by atoms with Crippen molar-refractivity contribution in [1.82, 2.24) is 14.5 Å². The Morgan fingerprint density at radius 3 is 2.79 bits per heavy atom. The Hall–Kier alpha value is -3.96. The van der Waals surface area contributed by atoms with E-state index in [-0.39, 0.29) is 22.9 Å². The van der Waals surface area contributed by atoms with E-state index in [9.17, 15) is 14.7 Å². The van der Waals surface area contributed by atoms with Crippen LogP contribution in [-0.4, -0.2) is 37.9 Å². The van der Waals surface area contributed by atoms with E-state index in [1.54, 1.807) is 28.0 Å². The van der Waals surface area contributed by atoms with E-state index in [0.717, 1.165) is 43.0 Å². The van der Waals surface area contributed by atoms with Gasteiger partial charge in [-0.15, -0.1) is 21.6 Å². The normalized spacial score (nSPS) is 13.4. The Balaban J connectivity index is 1.34. The summed E-state index contributed by atoms with van der Waals surface area (Å²) in [6.07, 6.45) is 4.01. The number of rotatable bonds is 7. The highest BCUT2D eigenvalue weighted by Gasteiger charge is 2.23. The molecule has 0 radical (unpaired) electrons. The number of aromatic hydroxyl groups is 1. The van der Waals surface area contributed by atoms with E-state index in [1.165, 1.54) is 4.88 Å². The molecule has 2 aromatic carbocycles. The lowest BCUT2D eigenvalue weighted by molar-refractivity contribution is -0.115. The van der Waals surface area contributed by atoms with Gasteiger partial charge in [-0.1, -0.05) is 30.0 Å². The molecule has 0 aliphatic heterocycles. The van der Waals surface area contributed by atoms with Crippen molar-refractivity contribution in [2.75, 3.05) is 12.4 Å². The number of aromatic nitrogens is 3. The molecule has 0 fully saturated rings. The lowest BCUT2D eigenvalue weighted by Crippen LogP contribution is -2.22. The third-order valence-electron chi connectivity index (χ3n) is 6.61. The molecule has 1 amide bonds. The fraction of sp³-hybridized carbons (Fsp3) is 0.250. The average Bonchev–Trinajstić information content (AvgIpc) is 3.48. The molecule has 0 atom stereocenters. The van der Waals surface area contributed by atoms with E-state index in [2.05, 4.69) is 15.2 Å². The number of aryl methyl sites for hydroxylation is 2. The maximum absolute atomic E-state index is 13.9. The number of carbonyl (C=O) groups excluding carboxylic acids is 1. The van der Waals surface area contributed by atoms with Crippen LogP contribution in [-0.2, 0) is 17.6 Å². The molecule has 1 aliphatic carbocycles. The number of H-pyrrole nitrogens is 1.